The van der Waals surface area contributed by atoms with Crippen molar-refractivity contribution in [2.75, 3.05) is 6.54 Å². The van der Waals surface area contributed by atoms with Crippen molar-refractivity contribution in [1.82, 2.24) is 10.6 Å². The molecule has 0 aliphatic carbocycles. The van der Waals surface area contributed by atoms with Crippen LogP contribution in [-0.4, -0.2) is 58.1 Å². The van der Waals surface area contributed by atoms with E-state index in [4.69, 9.17) is 19.7 Å². The molecule has 1 aromatic rings. The molecular formula is C21H32N2O8. The summed E-state index contributed by atoms with van der Waals surface area (Å²) >= 11 is 0. The second-order valence-electron chi connectivity index (χ2n) is 8.48. The minimum absolute atomic E-state index is 0.218. The van der Waals surface area contributed by atoms with Gasteiger partial charge in [0.1, 0.15) is 23.8 Å². The van der Waals surface area contributed by atoms with Crippen LogP contribution < -0.4 is 10.6 Å². The zero-order valence-electron chi connectivity index (χ0n) is 18.7. The van der Waals surface area contributed by atoms with Gasteiger partial charge >= 0.3 is 24.1 Å². The summed E-state index contributed by atoms with van der Waals surface area (Å²) < 4.78 is 9.82. The van der Waals surface area contributed by atoms with E-state index in [1.165, 1.54) is 0 Å². The summed E-state index contributed by atoms with van der Waals surface area (Å²) in [7, 11) is 0. The molecule has 0 saturated carbocycles. The molecule has 0 aliphatic rings. The van der Waals surface area contributed by atoms with Gasteiger partial charge in [-0.2, -0.15) is 0 Å². The SMILES string of the molecule is CC(C)(C)OC(=O)NCC(=O)O.CC(C)(C)OC(=O)N[C@@H](Cc1ccccc1)C(=O)O. The normalized spacial score (nSPS) is 11.8. The fourth-order valence-corrected chi connectivity index (χ4v) is 1.96. The molecule has 10 nitrogen and oxygen atoms in total. The van der Waals surface area contributed by atoms with Gasteiger partial charge < -0.3 is 30.3 Å². The Kier molecular flexibility index (Phi) is 11.1. The Balaban J connectivity index is 0.000000649. The lowest BCUT2D eigenvalue weighted by Crippen LogP contribution is -2.44. The van der Waals surface area contributed by atoms with Gasteiger partial charge in [0.25, 0.3) is 0 Å². The van der Waals surface area contributed by atoms with E-state index in [-0.39, 0.29) is 6.42 Å². The third-order valence-corrected chi connectivity index (χ3v) is 3.05. The van der Waals surface area contributed by atoms with Crippen LogP contribution in [0.4, 0.5) is 9.59 Å². The highest BCUT2D eigenvalue weighted by molar-refractivity contribution is 5.80. The molecule has 1 atom stereocenters. The number of aliphatic carboxylic acids is 2. The molecule has 0 fully saturated rings. The van der Waals surface area contributed by atoms with E-state index < -0.39 is 47.9 Å². The maximum Gasteiger partial charge on any atom is 0.408 e. The summed E-state index contributed by atoms with van der Waals surface area (Å²) in [6.45, 7) is 9.85. The monoisotopic (exact) mass is 440 g/mol. The van der Waals surface area contributed by atoms with Crippen molar-refractivity contribution >= 4 is 24.1 Å². The average molecular weight is 440 g/mol. The van der Waals surface area contributed by atoms with Gasteiger partial charge in [0, 0.05) is 6.42 Å². The number of hydrogen-bond donors (Lipinski definition) is 4. The van der Waals surface area contributed by atoms with Crippen LogP contribution in [0.1, 0.15) is 47.1 Å². The highest BCUT2D eigenvalue weighted by Gasteiger charge is 2.24. The third kappa shape index (κ3) is 16.2. The van der Waals surface area contributed by atoms with Gasteiger partial charge in [0.15, 0.2) is 0 Å². The Labute approximate surface area is 181 Å². The van der Waals surface area contributed by atoms with Gasteiger partial charge in [0.2, 0.25) is 0 Å². The quantitative estimate of drug-likeness (QED) is 0.527. The Morgan fingerprint density at radius 1 is 0.871 bits per heavy atom. The molecule has 0 spiro atoms. The molecular weight excluding hydrogens is 408 g/mol. The Morgan fingerprint density at radius 3 is 1.77 bits per heavy atom. The maximum absolute atomic E-state index is 11.6. The number of carbonyl (C=O) groups is 4. The van der Waals surface area contributed by atoms with E-state index in [2.05, 4.69) is 10.6 Å². The first-order chi connectivity index (χ1) is 14.1. The zero-order valence-corrected chi connectivity index (χ0v) is 18.7. The van der Waals surface area contributed by atoms with Crippen molar-refractivity contribution < 1.29 is 38.9 Å². The number of carbonyl (C=O) groups excluding carboxylic acids is 2. The van der Waals surface area contributed by atoms with Crippen LogP contribution in [0, 0.1) is 0 Å². The third-order valence-electron chi connectivity index (χ3n) is 3.05. The smallest absolute Gasteiger partial charge is 0.408 e. The van der Waals surface area contributed by atoms with Crippen LogP contribution in [-0.2, 0) is 25.5 Å². The summed E-state index contributed by atoms with van der Waals surface area (Å²) in [6, 6.07) is 8.11. The van der Waals surface area contributed by atoms with Gasteiger partial charge in [-0.3, -0.25) is 4.79 Å². The van der Waals surface area contributed by atoms with Gasteiger partial charge in [-0.1, -0.05) is 30.3 Å². The molecule has 2 amide bonds. The van der Waals surface area contributed by atoms with E-state index >= 15 is 0 Å². The summed E-state index contributed by atoms with van der Waals surface area (Å²) in [4.78, 5) is 43.5. The number of carboxylic acid groups (broad SMARTS) is 2. The Hall–Kier alpha value is -3.30. The number of alkyl carbamates (subject to hydrolysis) is 2. The molecule has 31 heavy (non-hydrogen) atoms. The molecule has 0 radical (unpaired) electrons. The van der Waals surface area contributed by atoms with E-state index in [1.807, 2.05) is 30.3 Å². The van der Waals surface area contributed by atoms with Crippen molar-refractivity contribution in [1.29, 1.82) is 0 Å². The standard InChI is InChI=1S/C14H19NO4.C7H13NO4/c1-14(2,3)19-13(18)15-11(12(16)17)9-10-7-5-4-6-8-10;1-7(2,3)12-6(11)8-4-5(9)10/h4-8,11H,9H2,1-3H3,(H,15,18)(H,16,17);4H2,1-3H3,(H,8,11)(H,9,10)/t11-;/m0./s1. The predicted molar refractivity (Wildman–Crippen MR) is 113 cm³/mol. The Bertz CT molecular complexity index is 736. The molecule has 0 bridgehead atoms. The average Bonchev–Trinajstić information content (AvgIpc) is 2.57. The maximum atomic E-state index is 11.6. The van der Waals surface area contributed by atoms with Gasteiger partial charge in [-0.05, 0) is 47.1 Å². The number of amides is 2. The minimum atomic E-state index is -1.10. The Morgan fingerprint density at radius 2 is 1.35 bits per heavy atom. The van der Waals surface area contributed by atoms with Crippen LogP contribution in [0.15, 0.2) is 30.3 Å². The van der Waals surface area contributed by atoms with Crippen molar-refractivity contribution in [3.63, 3.8) is 0 Å². The van der Waals surface area contributed by atoms with Crippen LogP contribution in [0.5, 0.6) is 0 Å². The van der Waals surface area contributed by atoms with Crippen LogP contribution in [0.25, 0.3) is 0 Å². The molecule has 10 heteroatoms. The van der Waals surface area contributed by atoms with E-state index in [9.17, 15) is 19.2 Å². The van der Waals surface area contributed by atoms with Crippen molar-refractivity contribution in [2.24, 2.45) is 0 Å². The molecule has 0 unspecified atom stereocenters. The highest BCUT2D eigenvalue weighted by Crippen LogP contribution is 2.08. The number of hydrogen-bond acceptors (Lipinski definition) is 6. The fourth-order valence-electron chi connectivity index (χ4n) is 1.96. The molecule has 4 N–H and O–H groups in total. The first kappa shape index (κ1) is 27.7. The lowest BCUT2D eigenvalue weighted by molar-refractivity contribution is -0.139. The van der Waals surface area contributed by atoms with Crippen LogP contribution >= 0.6 is 0 Å². The molecule has 174 valence electrons. The summed E-state index contributed by atoms with van der Waals surface area (Å²) in [5.74, 6) is -2.18. The highest BCUT2D eigenvalue weighted by atomic mass is 16.6. The molecule has 0 heterocycles. The van der Waals surface area contributed by atoms with Gasteiger partial charge in [-0.15, -0.1) is 0 Å². The minimum Gasteiger partial charge on any atom is -0.480 e. The van der Waals surface area contributed by atoms with Crippen LogP contribution in [0.3, 0.4) is 0 Å². The largest absolute Gasteiger partial charge is 0.480 e. The van der Waals surface area contributed by atoms with Crippen molar-refractivity contribution in [3.05, 3.63) is 35.9 Å². The first-order valence-electron chi connectivity index (χ1n) is 9.54. The number of nitrogens with one attached hydrogen (secondary N) is 2. The fraction of sp³-hybridized carbons (Fsp3) is 0.524. The van der Waals surface area contributed by atoms with Gasteiger partial charge in [0.05, 0.1) is 0 Å². The lowest BCUT2D eigenvalue weighted by atomic mass is 10.1. The summed E-state index contributed by atoms with van der Waals surface area (Å²) in [6.07, 6.45) is -1.23. The number of benzene rings is 1. The summed E-state index contributed by atoms with van der Waals surface area (Å²) in [5, 5.41) is 21.7. The molecule has 1 aromatic carbocycles. The van der Waals surface area contributed by atoms with E-state index in [0.717, 1.165) is 5.56 Å². The number of carboxylic acids is 2. The van der Waals surface area contributed by atoms with Crippen molar-refractivity contribution in [2.45, 2.75) is 65.2 Å². The lowest BCUT2D eigenvalue weighted by Gasteiger charge is -2.22. The van der Waals surface area contributed by atoms with Crippen LogP contribution in [0.2, 0.25) is 0 Å². The number of rotatable bonds is 6. The van der Waals surface area contributed by atoms with Crippen molar-refractivity contribution in [3.8, 4) is 0 Å². The zero-order chi connectivity index (χ0) is 24.2. The van der Waals surface area contributed by atoms with E-state index in [1.54, 1.807) is 41.5 Å². The second kappa shape index (κ2) is 12.4. The number of ether oxygens (including phenoxy) is 2. The second-order valence-corrected chi connectivity index (χ2v) is 8.48. The van der Waals surface area contributed by atoms with Gasteiger partial charge in [-0.25, -0.2) is 14.4 Å². The molecule has 0 saturated heterocycles. The molecule has 0 aliphatic heterocycles. The molecule has 1 rings (SSSR count). The topological polar surface area (TPSA) is 151 Å². The van der Waals surface area contributed by atoms with E-state index in [0.29, 0.717) is 0 Å². The predicted octanol–water partition coefficient (Wildman–Crippen LogP) is 2.80. The summed E-state index contributed by atoms with van der Waals surface area (Å²) in [5.41, 5.74) is -0.409. The molecule has 0 aromatic heterocycles. The first-order valence-corrected chi connectivity index (χ1v) is 9.54.